The van der Waals surface area contributed by atoms with Crippen molar-refractivity contribution in [3.05, 3.63) is 36.5 Å². The van der Waals surface area contributed by atoms with Crippen molar-refractivity contribution >= 4 is 0 Å². The highest BCUT2D eigenvalue weighted by molar-refractivity contribution is 4.97. The van der Waals surface area contributed by atoms with Crippen LogP contribution in [0.3, 0.4) is 0 Å². The van der Waals surface area contributed by atoms with Crippen molar-refractivity contribution in [3.63, 3.8) is 0 Å². The van der Waals surface area contributed by atoms with Gasteiger partial charge in [0.05, 0.1) is 0 Å². The molecule has 0 fully saturated rings. The minimum absolute atomic E-state index is 0.642. The summed E-state index contributed by atoms with van der Waals surface area (Å²) in [6.45, 7) is 2.79. The first kappa shape index (κ1) is 11.2. The second-order valence-corrected chi connectivity index (χ2v) is 2.53. The quantitative estimate of drug-likeness (QED) is 0.602. The number of nitrogens with two attached hydrogens (primary N) is 1. The summed E-state index contributed by atoms with van der Waals surface area (Å²) < 4.78 is 0. The van der Waals surface area contributed by atoms with E-state index in [2.05, 4.69) is 37.3 Å². The van der Waals surface area contributed by atoms with Crippen LogP contribution in [0.25, 0.3) is 0 Å². The highest BCUT2D eigenvalue weighted by Gasteiger charge is 1.71. The number of rotatable bonds is 6. The molecule has 0 aromatic carbocycles. The van der Waals surface area contributed by atoms with E-state index in [0.29, 0.717) is 6.54 Å². The Bertz CT molecular complexity index is 136. The summed E-state index contributed by atoms with van der Waals surface area (Å²) in [6, 6.07) is 0. The molecule has 68 valence electrons. The van der Waals surface area contributed by atoms with Gasteiger partial charge in [0.25, 0.3) is 0 Å². The van der Waals surface area contributed by atoms with Gasteiger partial charge in [-0.15, -0.1) is 0 Å². The molecule has 0 radical (unpaired) electrons. The van der Waals surface area contributed by atoms with Gasteiger partial charge in [-0.1, -0.05) is 43.4 Å². The lowest BCUT2D eigenvalue weighted by Gasteiger charge is -1.82. The first-order valence-electron chi connectivity index (χ1n) is 4.56. The molecule has 0 spiro atoms. The smallest absolute Gasteiger partial charge is 0.0106 e. The summed E-state index contributed by atoms with van der Waals surface area (Å²) in [5, 5.41) is 0. The predicted octanol–water partition coefficient (Wildman–Crippen LogP) is 2.80. The van der Waals surface area contributed by atoms with Gasteiger partial charge in [-0.05, 0) is 19.3 Å². The molecule has 0 rings (SSSR count). The molecule has 12 heavy (non-hydrogen) atoms. The molecule has 0 aliphatic heterocycles. The Morgan fingerprint density at radius 1 is 0.833 bits per heavy atom. The Hall–Kier alpha value is -0.820. The van der Waals surface area contributed by atoms with Crippen LogP contribution < -0.4 is 5.73 Å². The zero-order chi connectivity index (χ0) is 9.07. The van der Waals surface area contributed by atoms with Gasteiger partial charge in [0.1, 0.15) is 0 Å². The van der Waals surface area contributed by atoms with Gasteiger partial charge in [-0.3, -0.25) is 0 Å². The van der Waals surface area contributed by atoms with Gasteiger partial charge >= 0.3 is 0 Å². The molecule has 0 unspecified atom stereocenters. The molecule has 0 amide bonds. The molecule has 0 atom stereocenters. The van der Waals surface area contributed by atoms with Crippen LogP contribution in [0.4, 0.5) is 0 Å². The van der Waals surface area contributed by atoms with E-state index in [1.165, 1.54) is 0 Å². The van der Waals surface area contributed by atoms with Crippen molar-refractivity contribution in [2.45, 2.75) is 26.2 Å². The molecule has 0 saturated heterocycles. The molecule has 0 aliphatic rings. The van der Waals surface area contributed by atoms with Crippen LogP contribution in [-0.4, -0.2) is 6.54 Å². The summed E-state index contributed by atoms with van der Waals surface area (Å²) in [7, 11) is 0. The molecular formula is C11H19N. The van der Waals surface area contributed by atoms with E-state index in [9.17, 15) is 0 Å². The topological polar surface area (TPSA) is 26.0 Å². The minimum Gasteiger partial charge on any atom is -0.327 e. The van der Waals surface area contributed by atoms with Gasteiger partial charge in [0.2, 0.25) is 0 Å². The van der Waals surface area contributed by atoms with Crippen molar-refractivity contribution in [2.24, 2.45) is 5.73 Å². The lowest BCUT2D eigenvalue weighted by atomic mass is 10.3. The third-order valence-electron chi connectivity index (χ3n) is 1.42. The van der Waals surface area contributed by atoms with Crippen LogP contribution in [0, 0.1) is 0 Å². The highest BCUT2D eigenvalue weighted by atomic mass is 14.5. The fraction of sp³-hybridized carbons (Fsp3) is 0.455. The first-order valence-corrected chi connectivity index (χ1v) is 4.56. The van der Waals surface area contributed by atoms with E-state index < -0.39 is 0 Å². The first-order chi connectivity index (χ1) is 5.91. The minimum atomic E-state index is 0.642. The summed E-state index contributed by atoms with van der Waals surface area (Å²) >= 11 is 0. The van der Waals surface area contributed by atoms with Gasteiger partial charge in [0, 0.05) is 6.54 Å². The summed E-state index contributed by atoms with van der Waals surface area (Å²) in [5.74, 6) is 0. The summed E-state index contributed by atoms with van der Waals surface area (Å²) in [5.41, 5.74) is 5.29. The van der Waals surface area contributed by atoms with Crippen molar-refractivity contribution in [1.29, 1.82) is 0 Å². The third-order valence-corrected chi connectivity index (χ3v) is 1.42. The average molecular weight is 165 g/mol. The van der Waals surface area contributed by atoms with Crippen molar-refractivity contribution in [1.82, 2.24) is 0 Å². The number of hydrogen-bond donors (Lipinski definition) is 1. The fourth-order valence-corrected chi connectivity index (χ4v) is 0.805. The molecule has 0 aliphatic carbocycles. The Labute approximate surface area is 75.7 Å². The third kappa shape index (κ3) is 9.18. The zero-order valence-electron chi connectivity index (χ0n) is 7.87. The molecule has 0 bridgehead atoms. The normalized spacial score (nSPS) is 12.5. The van der Waals surface area contributed by atoms with Crippen LogP contribution in [0.2, 0.25) is 0 Å². The van der Waals surface area contributed by atoms with Crippen molar-refractivity contribution in [2.75, 3.05) is 6.54 Å². The van der Waals surface area contributed by atoms with Gasteiger partial charge in [-0.2, -0.15) is 0 Å². The van der Waals surface area contributed by atoms with Crippen LogP contribution in [0.5, 0.6) is 0 Å². The van der Waals surface area contributed by atoms with E-state index in [-0.39, 0.29) is 0 Å². The zero-order valence-corrected chi connectivity index (χ0v) is 7.87. The van der Waals surface area contributed by atoms with Crippen molar-refractivity contribution < 1.29 is 0 Å². The Morgan fingerprint density at radius 3 is 1.83 bits per heavy atom. The number of hydrogen-bond acceptors (Lipinski definition) is 1. The van der Waals surface area contributed by atoms with E-state index in [1.54, 1.807) is 0 Å². The van der Waals surface area contributed by atoms with Gasteiger partial charge in [0.15, 0.2) is 0 Å². The maximum atomic E-state index is 5.29. The molecule has 1 heteroatoms. The fourth-order valence-electron chi connectivity index (χ4n) is 0.805. The Morgan fingerprint density at radius 2 is 1.33 bits per heavy atom. The van der Waals surface area contributed by atoms with Crippen LogP contribution in [0.15, 0.2) is 36.5 Å². The average Bonchev–Trinajstić information content (AvgIpc) is 2.10. The lowest BCUT2D eigenvalue weighted by Crippen LogP contribution is -1.91. The van der Waals surface area contributed by atoms with E-state index in [4.69, 9.17) is 5.73 Å². The molecule has 1 nitrogen and oxygen atoms in total. The van der Waals surface area contributed by atoms with Crippen LogP contribution in [-0.2, 0) is 0 Å². The largest absolute Gasteiger partial charge is 0.327 e. The second kappa shape index (κ2) is 10.2. The van der Waals surface area contributed by atoms with E-state index >= 15 is 0 Å². The molecule has 2 N–H and O–H groups in total. The Balaban J connectivity index is 3.25. The van der Waals surface area contributed by atoms with Gasteiger partial charge < -0.3 is 5.73 Å². The monoisotopic (exact) mass is 165 g/mol. The van der Waals surface area contributed by atoms with Crippen molar-refractivity contribution in [3.8, 4) is 0 Å². The molecule has 0 heterocycles. The van der Waals surface area contributed by atoms with E-state index in [1.807, 2.05) is 6.08 Å². The molecule has 0 saturated carbocycles. The Kier molecular flexibility index (Phi) is 9.48. The molecular weight excluding hydrogens is 146 g/mol. The predicted molar refractivity (Wildman–Crippen MR) is 56.0 cm³/mol. The standard InChI is InChI=1S/C11H19N/c1-2-3-4-5-6-7-8-9-10-11-12/h3-4,6-7,9-10H,2,5,8,11-12H2,1H3/b4-3-,7-6-,10-9-. The maximum Gasteiger partial charge on any atom is 0.0106 e. The van der Waals surface area contributed by atoms with E-state index in [0.717, 1.165) is 19.3 Å². The highest BCUT2D eigenvalue weighted by Crippen LogP contribution is 1.91. The number of allylic oxidation sites excluding steroid dienone is 5. The lowest BCUT2D eigenvalue weighted by molar-refractivity contribution is 1.19. The summed E-state index contributed by atoms with van der Waals surface area (Å²) in [6.07, 6.45) is 15.9. The van der Waals surface area contributed by atoms with Gasteiger partial charge in [-0.25, -0.2) is 0 Å². The molecule has 0 aromatic rings. The second-order valence-electron chi connectivity index (χ2n) is 2.53. The summed E-state index contributed by atoms with van der Waals surface area (Å²) in [4.78, 5) is 0. The van der Waals surface area contributed by atoms with Crippen LogP contribution >= 0.6 is 0 Å². The SMILES string of the molecule is CC/C=C\C/C=C\C/C=C\CN. The molecule has 0 aromatic heterocycles. The van der Waals surface area contributed by atoms with Crippen LogP contribution in [0.1, 0.15) is 26.2 Å². The maximum absolute atomic E-state index is 5.29.